The number of nitrogens with one attached hydrogen (secondary N) is 1. The van der Waals surface area contributed by atoms with Gasteiger partial charge in [0.2, 0.25) is 6.41 Å². The van der Waals surface area contributed by atoms with Crippen LogP contribution in [0.4, 0.5) is 0 Å². The molecule has 0 aromatic heterocycles. The second-order valence-electron chi connectivity index (χ2n) is 2.46. The Morgan fingerprint density at radius 1 is 1.75 bits per heavy atom. The highest BCUT2D eigenvalue weighted by Gasteiger charge is 2.18. The molecule has 0 aromatic rings. The van der Waals surface area contributed by atoms with Gasteiger partial charge in [0.05, 0.1) is 6.10 Å². The smallest absolute Gasteiger partial charge is 0.326 e. The van der Waals surface area contributed by atoms with Crippen molar-refractivity contribution in [2.24, 2.45) is 0 Å². The lowest BCUT2D eigenvalue weighted by molar-refractivity contribution is -0.141. The van der Waals surface area contributed by atoms with Gasteiger partial charge in [-0.2, -0.15) is 0 Å². The van der Waals surface area contributed by atoms with Crippen LogP contribution >= 0.6 is 0 Å². The van der Waals surface area contributed by atoms with Crippen molar-refractivity contribution < 1.29 is 19.4 Å². The zero-order chi connectivity index (χ0) is 9.56. The molecule has 0 bridgehead atoms. The van der Waals surface area contributed by atoms with Gasteiger partial charge in [-0.1, -0.05) is 0 Å². The molecule has 5 nitrogen and oxygen atoms in total. The van der Waals surface area contributed by atoms with Gasteiger partial charge in [-0.3, -0.25) is 4.79 Å². The van der Waals surface area contributed by atoms with Crippen LogP contribution in [0.3, 0.4) is 0 Å². The third-order valence-corrected chi connectivity index (χ3v) is 1.54. The molecule has 0 rings (SSSR count). The van der Waals surface area contributed by atoms with Gasteiger partial charge in [0.25, 0.3) is 0 Å². The third-order valence-electron chi connectivity index (χ3n) is 1.54. The fourth-order valence-electron chi connectivity index (χ4n) is 0.750. The summed E-state index contributed by atoms with van der Waals surface area (Å²) >= 11 is 0. The highest BCUT2D eigenvalue weighted by Crippen LogP contribution is 2.00. The van der Waals surface area contributed by atoms with Crippen LogP contribution in [-0.4, -0.2) is 36.7 Å². The van der Waals surface area contributed by atoms with E-state index in [0.29, 0.717) is 6.41 Å². The second kappa shape index (κ2) is 5.54. The van der Waals surface area contributed by atoms with E-state index in [1.165, 1.54) is 7.11 Å². The van der Waals surface area contributed by atoms with Crippen molar-refractivity contribution in [1.29, 1.82) is 0 Å². The number of carbonyl (C=O) groups excluding carboxylic acids is 1. The van der Waals surface area contributed by atoms with E-state index in [9.17, 15) is 9.59 Å². The molecule has 0 heterocycles. The average Bonchev–Trinajstić information content (AvgIpc) is 2.03. The first-order valence-electron chi connectivity index (χ1n) is 3.57. The molecule has 1 amide bonds. The Labute approximate surface area is 70.7 Å². The molecule has 0 saturated carbocycles. The maximum absolute atomic E-state index is 10.5. The topological polar surface area (TPSA) is 75.6 Å². The summed E-state index contributed by atoms with van der Waals surface area (Å²) in [4.78, 5) is 20.4. The van der Waals surface area contributed by atoms with Crippen molar-refractivity contribution in [2.75, 3.05) is 7.11 Å². The molecule has 70 valence electrons. The Bertz CT molecular complexity index is 159. The van der Waals surface area contributed by atoms with E-state index in [2.05, 4.69) is 5.32 Å². The summed E-state index contributed by atoms with van der Waals surface area (Å²) in [7, 11) is 1.49. The summed E-state index contributed by atoms with van der Waals surface area (Å²) in [5, 5.41) is 10.8. The van der Waals surface area contributed by atoms with Crippen molar-refractivity contribution in [3.63, 3.8) is 0 Å². The average molecular weight is 175 g/mol. The van der Waals surface area contributed by atoms with Crippen LogP contribution in [0.1, 0.15) is 13.3 Å². The number of ether oxygens (including phenoxy) is 1. The van der Waals surface area contributed by atoms with Crippen molar-refractivity contribution in [3.05, 3.63) is 0 Å². The van der Waals surface area contributed by atoms with E-state index in [1.807, 2.05) is 0 Å². The van der Waals surface area contributed by atoms with E-state index in [1.54, 1.807) is 6.92 Å². The molecule has 12 heavy (non-hydrogen) atoms. The minimum atomic E-state index is -1.05. The molecule has 0 saturated heterocycles. The predicted molar refractivity (Wildman–Crippen MR) is 41.7 cm³/mol. The lowest BCUT2D eigenvalue weighted by Crippen LogP contribution is -2.38. The number of carbonyl (C=O) groups is 2. The van der Waals surface area contributed by atoms with Crippen LogP contribution in [0.15, 0.2) is 0 Å². The second-order valence-corrected chi connectivity index (χ2v) is 2.46. The monoisotopic (exact) mass is 175 g/mol. The number of amides is 1. The maximum Gasteiger partial charge on any atom is 0.326 e. The van der Waals surface area contributed by atoms with Crippen LogP contribution in [-0.2, 0) is 14.3 Å². The summed E-state index contributed by atoms with van der Waals surface area (Å²) in [6, 6.07) is -0.863. The van der Waals surface area contributed by atoms with Gasteiger partial charge >= 0.3 is 5.97 Å². The van der Waals surface area contributed by atoms with E-state index in [-0.39, 0.29) is 12.5 Å². The van der Waals surface area contributed by atoms with Crippen molar-refractivity contribution in [3.8, 4) is 0 Å². The summed E-state index contributed by atoms with van der Waals surface area (Å²) in [6.07, 6.45) is 0.463. The molecule has 2 unspecified atom stereocenters. The third kappa shape index (κ3) is 3.92. The highest BCUT2D eigenvalue weighted by atomic mass is 16.5. The number of carboxylic acids is 1. The first kappa shape index (κ1) is 10.9. The number of hydrogen-bond donors (Lipinski definition) is 2. The first-order valence-corrected chi connectivity index (χ1v) is 3.57. The quantitative estimate of drug-likeness (QED) is 0.539. The number of methoxy groups -OCH3 is 1. The van der Waals surface area contributed by atoms with Crippen molar-refractivity contribution in [2.45, 2.75) is 25.5 Å². The lowest BCUT2D eigenvalue weighted by Gasteiger charge is -2.15. The molecular formula is C7H13NO4. The summed E-state index contributed by atoms with van der Waals surface area (Å²) < 4.78 is 4.86. The largest absolute Gasteiger partial charge is 0.480 e. The Kier molecular flexibility index (Phi) is 5.03. The van der Waals surface area contributed by atoms with Crippen LogP contribution in [0, 0.1) is 0 Å². The number of rotatable bonds is 6. The van der Waals surface area contributed by atoms with Gasteiger partial charge in [-0.05, 0) is 6.92 Å². The van der Waals surface area contributed by atoms with Crippen LogP contribution < -0.4 is 5.32 Å². The van der Waals surface area contributed by atoms with E-state index < -0.39 is 12.0 Å². The van der Waals surface area contributed by atoms with E-state index >= 15 is 0 Å². The number of aliphatic carboxylic acids is 1. The lowest BCUT2D eigenvalue weighted by atomic mass is 10.1. The Balaban J connectivity index is 3.94. The minimum Gasteiger partial charge on any atom is -0.480 e. The van der Waals surface area contributed by atoms with Gasteiger partial charge in [0.1, 0.15) is 6.04 Å². The molecule has 0 spiro atoms. The summed E-state index contributed by atoms with van der Waals surface area (Å²) in [5.74, 6) is -1.05. The van der Waals surface area contributed by atoms with Crippen LogP contribution in [0.25, 0.3) is 0 Å². The standard InChI is InChI=1S/C7H13NO4/c1-5(12-2)3-6(7(10)11)8-4-9/h4-6H,3H2,1-2H3,(H,8,9)(H,10,11). The molecule has 0 aliphatic rings. The number of hydrogen-bond acceptors (Lipinski definition) is 3. The molecule has 0 aliphatic carbocycles. The first-order chi connectivity index (χ1) is 5.61. The fourth-order valence-corrected chi connectivity index (χ4v) is 0.750. The molecule has 0 aromatic carbocycles. The van der Waals surface area contributed by atoms with Crippen molar-refractivity contribution >= 4 is 12.4 Å². The fraction of sp³-hybridized carbons (Fsp3) is 0.714. The normalized spacial score (nSPS) is 14.8. The molecule has 0 fully saturated rings. The molecule has 2 atom stereocenters. The van der Waals surface area contributed by atoms with Crippen LogP contribution in [0.5, 0.6) is 0 Å². The highest BCUT2D eigenvalue weighted by molar-refractivity contribution is 5.76. The molecule has 0 aliphatic heterocycles. The minimum absolute atomic E-state index is 0.182. The zero-order valence-corrected chi connectivity index (χ0v) is 7.11. The SMILES string of the molecule is COC(C)CC(NC=O)C(=O)O. The van der Waals surface area contributed by atoms with Gasteiger partial charge in [0.15, 0.2) is 0 Å². The molecule has 2 N–H and O–H groups in total. The molecule has 5 heteroatoms. The Morgan fingerprint density at radius 3 is 2.67 bits per heavy atom. The maximum atomic E-state index is 10.5. The van der Waals surface area contributed by atoms with E-state index in [4.69, 9.17) is 9.84 Å². The predicted octanol–water partition coefficient (Wildman–Crippen LogP) is -0.389. The van der Waals surface area contributed by atoms with Gasteiger partial charge < -0.3 is 15.2 Å². The van der Waals surface area contributed by atoms with Crippen molar-refractivity contribution in [1.82, 2.24) is 5.32 Å². The van der Waals surface area contributed by atoms with Gasteiger partial charge in [-0.15, -0.1) is 0 Å². The molecular weight excluding hydrogens is 162 g/mol. The summed E-state index contributed by atoms with van der Waals surface area (Å²) in [6.45, 7) is 1.74. The summed E-state index contributed by atoms with van der Waals surface area (Å²) in [5.41, 5.74) is 0. The van der Waals surface area contributed by atoms with Gasteiger partial charge in [0, 0.05) is 13.5 Å². The van der Waals surface area contributed by atoms with Crippen LogP contribution in [0.2, 0.25) is 0 Å². The number of carboxylic acid groups (broad SMARTS) is 1. The zero-order valence-electron chi connectivity index (χ0n) is 7.11. The van der Waals surface area contributed by atoms with E-state index in [0.717, 1.165) is 0 Å². The van der Waals surface area contributed by atoms with Gasteiger partial charge in [-0.25, -0.2) is 4.79 Å². The Hall–Kier alpha value is -1.10. The molecule has 0 radical (unpaired) electrons. The Morgan fingerprint density at radius 2 is 2.33 bits per heavy atom.